The largest absolute Gasteiger partial charge is 0.347 e. The first-order chi connectivity index (χ1) is 8.74. The number of likely N-dealkylation sites (tertiary alicyclic amines) is 1. The molecule has 2 N–H and O–H groups in total. The summed E-state index contributed by atoms with van der Waals surface area (Å²) in [5.74, 6) is -0.0900. The van der Waals surface area contributed by atoms with Gasteiger partial charge in [-0.25, -0.2) is 0 Å². The number of carbonyl (C=O) groups excluding carboxylic acids is 1. The predicted octanol–water partition coefficient (Wildman–Crippen LogP) is 0.997. The van der Waals surface area contributed by atoms with Crippen LogP contribution in [0.5, 0.6) is 0 Å². The summed E-state index contributed by atoms with van der Waals surface area (Å²) >= 11 is 0. The highest BCUT2D eigenvalue weighted by molar-refractivity contribution is 6.04. The van der Waals surface area contributed by atoms with Gasteiger partial charge >= 0.3 is 0 Å². The van der Waals surface area contributed by atoms with Crippen LogP contribution in [-0.4, -0.2) is 47.2 Å². The Bertz CT molecular complexity index is 577. The molecule has 1 atom stereocenters. The average molecular weight is 244 g/mol. The Morgan fingerprint density at radius 2 is 2.33 bits per heavy atom. The van der Waals surface area contributed by atoms with Crippen molar-refractivity contribution in [3.05, 3.63) is 30.0 Å². The zero-order chi connectivity index (χ0) is 12.5. The summed E-state index contributed by atoms with van der Waals surface area (Å²) in [6, 6.07) is 7.90. The number of aromatic amines is 1. The van der Waals surface area contributed by atoms with Gasteiger partial charge in [0.15, 0.2) is 5.69 Å². The van der Waals surface area contributed by atoms with Gasteiger partial charge in [-0.15, -0.1) is 0 Å². The first-order valence-corrected chi connectivity index (χ1v) is 6.16. The van der Waals surface area contributed by atoms with Crippen molar-refractivity contribution in [2.45, 2.75) is 12.5 Å². The zero-order valence-corrected chi connectivity index (χ0v) is 10.3. The Morgan fingerprint density at radius 3 is 3.11 bits per heavy atom. The molecule has 0 saturated carbocycles. The lowest BCUT2D eigenvalue weighted by atomic mass is 10.2. The quantitative estimate of drug-likeness (QED) is 0.828. The summed E-state index contributed by atoms with van der Waals surface area (Å²) in [4.78, 5) is 14.4. The Hall–Kier alpha value is -1.88. The molecule has 0 radical (unpaired) electrons. The van der Waals surface area contributed by atoms with E-state index in [-0.39, 0.29) is 11.9 Å². The minimum absolute atomic E-state index is 0.0900. The smallest absolute Gasteiger partial charge is 0.272 e. The van der Waals surface area contributed by atoms with Crippen molar-refractivity contribution in [1.29, 1.82) is 0 Å². The van der Waals surface area contributed by atoms with Gasteiger partial charge in [-0.3, -0.25) is 9.89 Å². The predicted molar refractivity (Wildman–Crippen MR) is 69.5 cm³/mol. The lowest BCUT2D eigenvalue weighted by molar-refractivity contribution is 0.0935. The topological polar surface area (TPSA) is 61.0 Å². The summed E-state index contributed by atoms with van der Waals surface area (Å²) in [6.07, 6.45) is 1.00. The van der Waals surface area contributed by atoms with Gasteiger partial charge in [0.2, 0.25) is 0 Å². The molecule has 0 bridgehead atoms. The second kappa shape index (κ2) is 4.42. The van der Waals surface area contributed by atoms with Gasteiger partial charge < -0.3 is 10.2 Å². The van der Waals surface area contributed by atoms with Crippen molar-refractivity contribution >= 4 is 16.8 Å². The standard InChI is InChI=1S/C13H16N4O/c1-17-7-6-9(8-17)14-13(18)12-10-4-2-3-5-11(10)15-16-12/h2-5,9H,6-8H2,1H3,(H,14,18)(H,15,16). The molecule has 1 aliphatic rings. The number of rotatable bonds is 2. The molecule has 1 amide bonds. The molecule has 94 valence electrons. The number of fused-ring (bicyclic) bond motifs is 1. The van der Waals surface area contributed by atoms with E-state index in [1.54, 1.807) is 0 Å². The number of hydrogen-bond donors (Lipinski definition) is 2. The van der Waals surface area contributed by atoms with Crippen molar-refractivity contribution < 1.29 is 4.79 Å². The fraction of sp³-hybridized carbons (Fsp3) is 0.385. The number of amides is 1. The molecule has 1 aliphatic heterocycles. The SMILES string of the molecule is CN1CCC(NC(=O)c2n[nH]c3ccccc23)C1. The summed E-state index contributed by atoms with van der Waals surface area (Å²) in [5, 5.41) is 10.9. The molecule has 5 heteroatoms. The Balaban J connectivity index is 1.80. The fourth-order valence-electron chi connectivity index (χ4n) is 2.44. The van der Waals surface area contributed by atoms with Crippen molar-refractivity contribution in [2.24, 2.45) is 0 Å². The third kappa shape index (κ3) is 1.97. The van der Waals surface area contributed by atoms with Gasteiger partial charge in [-0.05, 0) is 26.1 Å². The lowest BCUT2D eigenvalue weighted by Crippen LogP contribution is -2.36. The van der Waals surface area contributed by atoms with E-state index in [1.807, 2.05) is 24.3 Å². The molecular weight excluding hydrogens is 228 g/mol. The average Bonchev–Trinajstić information content (AvgIpc) is 2.95. The number of hydrogen-bond acceptors (Lipinski definition) is 3. The molecule has 1 saturated heterocycles. The number of H-pyrrole nitrogens is 1. The van der Waals surface area contributed by atoms with Gasteiger partial charge in [0.1, 0.15) is 0 Å². The van der Waals surface area contributed by atoms with Crippen LogP contribution < -0.4 is 5.32 Å². The molecule has 5 nitrogen and oxygen atoms in total. The normalized spacial score (nSPS) is 20.4. The monoisotopic (exact) mass is 244 g/mol. The summed E-state index contributed by atoms with van der Waals surface area (Å²) in [6.45, 7) is 1.94. The molecule has 1 aromatic carbocycles. The Kier molecular flexibility index (Phi) is 2.76. The molecule has 2 aromatic rings. The van der Waals surface area contributed by atoms with E-state index in [1.165, 1.54) is 0 Å². The van der Waals surface area contributed by atoms with E-state index in [0.717, 1.165) is 30.4 Å². The number of para-hydroxylation sites is 1. The van der Waals surface area contributed by atoms with Gasteiger partial charge in [0, 0.05) is 18.0 Å². The number of likely N-dealkylation sites (N-methyl/N-ethyl adjacent to an activating group) is 1. The number of nitrogens with zero attached hydrogens (tertiary/aromatic N) is 2. The molecule has 0 spiro atoms. The maximum absolute atomic E-state index is 12.2. The molecule has 1 fully saturated rings. The van der Waals surface area contributed by atoms with Crippen molar-refractivity contribution in [2.75, 3.05) is 20.1 Å². The van der Waals surface area contributed by atoms with Gasteiger partial charge in [0.25, 0.3) is 5.91 Å². The van der Waals surface area contributed by atoms with Crippen LogP contribution in [-0.2, 0) is 0 Å². The third-order valence-electron chi connectivity index (χ3n) is 3.41. The van der Waals surface area contributed by atoms with Crippen LogP contribution in [0.1, 0.15) is 16.9 Å². The maximum Gasteiger partial charge on any atom is 0.272 e. The number of carbonyl (C=O) groups is 1. The number of aromatic nitrogens is 2. The minimum Gasteiger partial charge on any atom is -0.347 e. The fourth-order valence-corrected chi connectivity index (χ4v) is 2.44. The van der Waals surface area contributed by atoms with E-state index < -0.39 is 0 Å². The van der Waals surface area contributed by atoms with Crippen molar-refractivity contribution in [1.82, 2.24) is 20.4 Å². The van der Waals surface area contributed by atoms with Crippen LogP contribution in [0, 0.1) is 0 Å². The van der Waals surface area contributed by atoms with Gasteiger partial charge in [-0.1, -0.05) is 18.2 Å². The highest BCUT2D eigenvalue weighted by Gasteiger charge is 2.23. The second-order valence-electron chi connectivity index (χ2n) is 4.84. The Morgan fingerprint density at radius 1 is 1.50 bits per heavy atom. The molecule has 3 rings (SSSR count). The zero-order valence-electron chi connectivity index (χ0n) is 10.3. The molecule has 1 unspecified atom stereocenters. The van der Waals surface area contributed by atoms with Crippen LogP contribution >= 0.6 is 0 Å². The van der Waals surface area contributed by atoms with Crippen LogP contribution in [0.2, 0.25) is 0 Å². The van der Waals surface area contributed by atoms with E-state index in [9.17, 15) is 4.79 Å². The third-order valence-corrected chi connectivity index (χ3v) is 3.41. The Labute approximate surface area is 105 Å². The molecule has 1 aromatic heterocycles. The molecule has 2 heterocycles. The van der Waals surface area contributed by atoms with E-state index in [2.05, 4.69) is 27.5 Å². The van der Waals surface area contributed by atoms with Crippen LogP contribution in [0.15, 0.2) is 24.3 Å². The van der Waals surface area contributed by atoms with Gasteiger partial charge in [0.05, 0.1) is 5.52 Å². The number of benzene rings is 1. The highest BCUT2D eigenvalue weighted by Crippen LogP contribution is 2.15. The van der Waals surface area contributed by atoms with E-state index in [4.69, 9.17) is 0 Å². The minimum atomic E-state index is -0.0900. The molecule has 18 heavy (non-hydrogen) atoms. The molecular formula is C13H16N4O. The van der Waals surface area contributed by atoms with Crippen LogP contribution in [0.25, 0.3) is 10.9 Å². The van der Waals surface area contributed by atoms with Crippen molar-refractivity contribution in [3.63, 3.8) is 0 Å². The second-order valence-corrected chi connectivity index (χ2v) is 4.84. The maximum atomic E-state index is 12.2. The summed E-state index contributed by atoms with van der Waals surface area (Å²) < 4.78 is 0. The highest BCUT2D eigenvalue weighted by atomic mass is 16.2. The van der Waals surface area contributed by atoms with Crippen LogP contribution in [0.4, 0.5) is 0 Å². The first-order valence-electron chi connectivity index (χ1n) is 6.16. The van der Waals surface area contributed by atoms with Crippen LogP contribution in [0.3, 0.4) is 0 Å². The lowest BCUT2D eigenvalue weighted by Gasteiger charge is -2.11. The summed E-state index contributed by atoms with van der Waals surface area (Å²) in [7, 11) is 2.07. The van der Waals surface area contributed by atoms with Crippen molar-refractivity contribution in [3.8, 4) is 0 Å². The van der Waals surface area contributed by atoms with E-state index in [0.29, 0.717) is 5.69 Å². The van der Waals surface area contributed by atoms with Gasteiger partial charge in [-0.2, -0.15) is 5.10 Å². The summed E-state index contributed by atoms with van der Waals surface area (Å²) in [5.41, 5.74) is 1.38. The van der Waals surface area contributed by atoms with E-state index >= 15 is 0 Å². The first kappa shape index (κ1) is 11.2. The molecule has 0 aliphatic carbocycles. The number of nitrogens with one attached hydrogen (secondary N) is 2.